The molecule has 0 fully saturated rings. The van der Waals surface area contributed by atoms with Crippen LogP contribution in [-0.2, 0) is 24.8 Å². The summed E-state index contributed by atoms with van der Waals surface area (Å²) >= 11 is 9.44. The third-order valence-electron chi connectivity index (χ3n) is 5.06. The number of rotatable bonds is 8. The molecule has 0 aliphatic heterocycles. The van der Waals surface area contributed by atoms with Crippen molar-refractivity contribution in [2.75, 3.05) is 25.3 Å². The van der Waals surface area contributed by atoms with Crippen LogP contribution in [0.5, 0.6) is 5.88 Å². The zero-order chi connectivity index (χ0) is 25.4. The third kappa shape index (κ3) is 4.64. The van der Waals surface area contributed by atoms with Crippen molar-refractivity contribution in [3.8, 4) is 5.88 Å². The molecule has 2 heterocycles. The van der Waals surface area contributed by atoms with Crippen molar-refractivity contribution in [1.82, 2.24) is 8.96 Å². The lowest BCUT2D eigenvalue weighted by Crippen LogP contribution is -2.33. The number of ether oxygens (including phenoxy) is 2. The van der Waals surface area contributed by atoms with Crippen molar-refractivity contribution in [1.29, 1.82) is 0 Å². The molecule has 0 unspecified atom stereocenters. The van der Waals surface area contributed by atoms with Gasteiger partial charge in [-0.15, -0.1) is 0 Å². The highest BCUT2D eigenvalue weighted by molar-refractivity contribution is 9.10. The molecule has 0 aliphatic carbocycles. The Bertz CT molecular complexity index is 1610. The van der Waals surface area contributed by atoms with Gasteiger partial charge in [0, 0.05) is 23.7 Å². The van der Waals surface area contributed by atoms with Gasteiger partial charge in [0.15, 0.2) is 0 Å². The number of hydrogen-bond acceptors (Lipinski definition) is 7. The van der Waals surface area contributed by atoms with Crippen molar-refractivity contribution >= 4 is 64.3 Å². The van der Waals surface area contributed by atoms with E-state index in [4.69, 9.17) is 21.1 Å². The zero-order valence-electron chi connectivity index (χ0n) is 18.4. The number of benzene rings is 2. The van der Waals surface area contributed by atoms with E-state index in [1.54, 1.807) is 24.3 Å². The maximum Gasteiger partial charge on any atom is 0.269 e. The molecule has 0 saturated heterocycles. The molecule has 0 atom stereocenters. The molecule has 0 aliphatic rings. The minimum Gasteiger partial charge on any atom is -0.480 e. The van der Waals surface area contributed by atoms with Crippen LogP contribution in [0.3, 0.4) is 0 Å². The maximum absolute atomic E-state index is 13.9. The fourth-order valence-corrected chi connectivity index (χ4v) is 6.96. The molecule has 0 bridgehead atoms. The van der Waals surface area contributed by atoms with E-state index in [9.17, 15) is 16.8 Å². The van der Waals surface area contributed by atoms with Crippen molar-refractivity contribution in [3.63, 3.8) is 0 Å². The normalized spacial score (nSPS) is 12.1. The van der Waals surface area contributed by atoms with Gasteiger partial charge in [0.2, 0.25) is 5.88 Å². The average molecular weight is 601 g/mol. The van der Waals surface area contributed by atoms with Crippen molar-refractivity contribution in [2.45, 2.75) is 9.79 Å². The monoisotopic (exact) mass is 599 g/mol. The van der Waals surface area contributed by atoms with E-state index in [0.29, 0.717) is 4.47 Å². The number of nitrogens with zero attached hydrogens (tertiary/aromatic N) is 3. The van der Waals surface area contributed by atoms with E-state index in [-0.39, 0.29) is 44.1 Å². The van der Waals surface area contributed by atoms with Crippen LogP contribution in [0.15, 0.2) is 81.1 Å². The maximum atomic E-state index is 13.9. The first-order valence-electron chi connectivity index (χ1n) is 9.94. The standard InChI is InChI=1S/C22H19BrClN3O6S2/c1-32-14-27(21-11-10-18(23)22(25-21)33-2)35(30,31)20-13-26(19-12-15(24)8-9-17(19)20)34(28,29)16-6-4-3-5-7-16/h3-13H,14H2,1-2H3. The third-order valence-corrected chi connectivity index (χ3v) is 9.34. The minimum atomic E-state index is -4.37. The zero-order valence-corrected chi connectivity index (χ0v) is 22.4. The first kappa shape index (κ1) is 25.5. The van der Waals surface area contributed by atoms with Crippen LogP contribution < -0.4 is 9.04 Å². The van der Waals surface area contributed by atoms with Gasteiger partial charge in [0.05, 0.1) is 22.0 Å². The summed E-state index contributed by atoms with van der Waals surface area (Å²) < 4.78 is 67.4. The van der Waals surface area contributed by atoms with Crippen LogP contribution in [-0.4, -0.2) is 46.7 Å². The lowest BCUT2D eigenvalue weighted by molar-refractivity contribution is 0.209. The number of halogens is 2. The predicted octanol–water partition coefficient (Wildman–Crippen LogP) is 4.50. The molecular formula is C22H19BrClN3O6S2. The molecule has 2 aromatic carbocycles. The number of fused-ring (bicyclic) bond motifs is 1. The summed E-state index contributed by atoms with van der Waals surface area (Å²) in [5.74, 6) is 0.187. The topological polar surface area (TPSA) is 108 Å². The van der Waals surface area contributed by atoms with E-state index in [1.165, 1.54) is 50.6 Å². The summed E-state index contributed by atoms with van der Waals surface area (Å²) in [4.78, 5) is 3.98. The highest BCUT2D eigenvalue weighted by atomic mass is 79.9. The molecule has 2 aromatic heterocycles. The Kier molecular flexibility index (Phi) is 7.11. The second kappa shape index (κ2) is 9.78. The Labute approximate surface area is 216 Å². The van der Waals surface area contributed by atoms with E-state index in [0.717, 1.165) is 14.5 Å². The first-order valence-corrected chi connectivity index (χ1v) is 14.0. The summed E-state index contributed by atoms with van der Waals surface area (Å²) in [6, 6.07) is 15.1. The molecule has 0 radical (unpaired) electrons. The van der Waals surface area contributed by atoms with E-state index in [2.05, 4.69) is 20.9 Å². The Morgan fingerprint density at radius 2 is 1.74 bits per heavy atom. The molecule has 35 heavy (non-hydrogen) atoms. The van der Waals surface area contributed by atoms with Crippen LogP contribution in [0.1, 0.15) is 0 Å². The second-order valence-electron chi connectivity index (χ2n) is 7.20. The van der Waals surface area contributed by atoms with Crippen LogP contribution in [0, 0.1) is 0 Å². The van der Waals surface area contributed by atoms with E-state index >= 15 is 0 Å². The molecule has 0 N–H and O–H groups in total. The van der Waals surface area contributed by atoms with Gasteiger partial charge in [-0.05, 0) is 58.4 Å². The summed E-state index contributed by atoms with van der Waals surface area (Å²) in [7, 11) is -5.77. The van der Waals surface area contributed by atoms with Crippen LogP contribution >= 0.6 is 27.5 Å². The predicted molar refractivity (Wildman–Crippen MR) is 136 cm³/mol. The average Bonchev–Trinajstić information content (AvgIpc) is 3.24. The molecule has 4 rings (SSSR count). The lowest BCUT2D eigenvalue weighted by atomic mass is 10.2. The smallest absolute Gasteiger partial charge is 0.269 e. The van der Waals surface area contributed by atoms with Gasteiger partial charge in [-0.25, -0.2) is 25.1 Å². The summed E-state index contributed by atoms with van der Waals surface area (Å²) in [6.45, 7) is -0.383. The van der Waals surface area contributed by atoms with Crippen molar-refractivity contribution in [2.24, 2.45) is 0 Å². The molecular weight excluding hydrogens is 582 g/mol. The summed E-state index contributed by atoms with van der Waals surface area (Å²) in [5, 5.41) is 0.413. The molecule has 0 spiro atoms. The molecule has 184 valence electrons. The van der Waals surface area contributed by atoms with Crippen LogP contribution in [0.25, 0.3) is 10.9 Å². The highest BCUT2D eigenvalue weighted by Crippen LogP contribution is 2.35. The van der Waals surface area contributed by atoms with Gasteiger partial charge in [0.1, 0.15) is 17.4 Å². The Hall–Kier alpha value is -2.64. The number of sulfonamides is 1. The summed E-state index contributed by atoms with van der Waals surface area (Å²) in [6.07, 6.45) is 1.07. The Morgan fingerprint density at radius 1 is 1.03 bits per heavy atom. The quantitative estimate of drug-likeness (QED) is 0.274. The van der Waals surface area contributed by atoms with Gasteiger partial charge in [0.25, 0.3) is 20.0 Å². The molecule has 4 aromatic rings. The SMILES string of the molecule is COCN(c1ccc(Br)c(OC)n1)S(=O)(=O)c1cn(S(=O)(=O)c2ccccc2)c2cc(Cl)ccc12. The minimum absolute atomic E-state index is 0.00566. The van der Waals surface area contributed by atoms with E-state index < -0.39 is 20.0 Å². The lowest BCUT2D eigenvalue weighted by Gasteiger charge is -2.22. The number of hydrogen-bond donors (Lipinski definition) is 0. The van der Waals surface area contributed by atoms with Gasteiger partial charge >= 0.3 is 0 Å². The Morgan fingerprint density at radius 3 is 2.40 bits per heavy atom. The van der Waals surface area contributed by atoms with Crippen molar-refractivity contribution in [3.05, 3.63) is 76.4 Å². The van der Waals surface area contributed by atoms with Crippen LogP contribution in [0.2, 0.25) is 5.02 Å². The largest absolute Gasteiger partial charge is 0.480 e. The van der Waals surface area contributed by atoms with Crippen LogP contribution in [0.4, 0.5) is 5.82 Å². The number of aromatic nitrogens is 2. The fourth-order valence-electron chi connectivity index (χ4n) is 3.44. The summed E-state index contributed by atoms with van der Waals surface area (Å²) in [5.41, 5.74) is 0.110. The Balaban J connectivity index is 1.97. The first-order chi connectivity index (χ1) is 16.6. The highest BCUT2D eigenvalue weighted by Gasteiger charge is 2.32. The molecule has 0 amide bonds. The number of anilines is 1. The number of pyridine rings is 1. The molecule has 9 nitrogen and oxygen atoms in total. The van der Waals surface area contributed by atoms with E-state index in [1.807, 2.05) is 0 Å². The van der Waals surface area contributed by atoms with Crippen molar-refractivity contribution < 1.29 is 26.3 Å². The molecule has 0 saturated carbocycles. The number of methoxy groups -OCH3 is 2. The van der Waals surface area contributed by atoms with Gasteiger partial charge in [-0.2, -0.15) is 4.98 Å². The molecule has 13 heteroatoms. The second-order valence-corrected chi connectivity index (χ2v) is 12.1. The fraction of sp³-hybridized carbons (Fsp3) is 0.136. The van der Waals surface area contributed by atoms with Gasteiger partial charge in [-0.1, -0.05) is 29.8 Å². The van der Waals surface area contributed by atoms with Gasteiger partial charge < -0.3 is 9.47 Å². The van der Waals surface area contributed by atoms with Gasteiger partial charge in [-0.3, -0.25) is 0 Å².